The van der Waals surface area contributed by atoms with Crippen LogP contribution in [0.3, 0.4) is 0 Å². The van der Waals surface area contributed by atoms with Gasteiger partial charge in [0.1, 0.15) is 5.52 Å². The van der Waals surface area contributed by atoms with Crippen LogP contribution in [0.2, 0.25) is 0 Å². The summed E-state index contributed by atoms with van der Waals surface area (Å²) in [5.74, 6) is -2.30. The zero-order valence-corrected chi connectivity index (χ0v) is 17.8. The number of carbonyl (C=O) groups is 1. The minimum atomic E-state index is -0.845. The molecule has 0 aliphatic heterocycles. The van der Waals surface area contributed by atoms with Crippen LogP contribution < -0.4 is 14.8 Å². The molecule has 0 fully saturated rings. The van der Waals surface area contributed by atoms with E-state index in [2.05, 4.69) is 27.2 Å². The van der Waals surface area contributed by atoms with E-state index in [1.54, 1.807) is 30.3 Å². The molecule has 1 amide bonds. The molecular weight excluding hydrogens is 432 g/mol. The molecular formula is C23H19F2N5O3. The molecule has 4 rings (SSSR count). The first kappa shape index (κ1) is 21.9. The van der Waals surface area contributed by atoms with Crippen molar-refractivity contribution < 1.29 is 23.0 Å². The van der Waals surface area contributed by atoms with E-state index in [4.69, 9.17) is 9.47 Å². The van der Waals surface area contributed by atoms with Gasteiger partial charge in [0.25, 0.3) is 0 Å². The molecule has 8 nitrogen and oxygen atoms in total. The molecule has 33 heavy (non-hydrogen) atoms. The van der Waals surface area contributed by atoms with Crippen LogP contribution >= 0.6 is 0 Å². The van der Waals surface area contributed by atoms with Gasteiger partial charge in [-0.25, -0.2) is 18.4 Å². The maximum atomic E-state index is 14.7. The number of rotatable bonds is 7. The summed E-state index contributed by atoms with van der Waals surface area (Å²) in [6.45, 7) is 3.19. The Morgan fingerprint density at radius 3 is 2.52 bits per heavy atom. The zero-order chi connectivity index (χ0) is 23.5. The Labute approximate surface area is 187 Å². The highest BCUT2D eigenvalue weighted by Crippen LogP contribution is 2.32. The fourth-order valence-electron chi connectivity index (χ4n) is 3.31. The minimum Gasteiger partial charge on any atom is -0.494 e. The predicted octanol–water partition coefficient (Wildman–Crippen LogP) is 3.96. The van der Waals surface area contributed by atoms with Crippen LogP contribution in [0.15, 0.2) is 55.1 Å². The van der Waals surface area contributed by atoms with Crippen LogP contribution in [0.5, 0.6) is 11.5 Å². The van der Waals surface area contributed by atoms with Crippen LogP contribution in [0.4, 0.5) is 14.5 Å². The van der Waals surface area contributed by atoms with Crippen molar-refractivity contribution in [3.63, 3.8) is 0 Å². The van der Waals surface area contributed by atoms with Gasteiger partial charge >= 0.3 is 0 Å². The van der Waals surface area contributed by atoms with E-state index in [1.807, 2.05) is 6.07 Å². The number of methoxy groups -OCH3 is 2. The standard InChI is InChI=1S/C23H19F2N5O3/c1-4-20(31)26-14-7-5-6-13(10-14)16-8-9-17-23(27-16)28-29-30(17)12-15-21(24)18(32-2)11-19(33-3)22(15)25/h4-11H,1,12H2,2-3H3,(H,26,31). The third-order valence-electron chi connectivity index (χ3n) is 4.96. The smallest absolute Gasteiger partial charge is 0.247 e. The Morgan fingerprint density at radius 2 is 1.85 bits per heavy atom. The van der Waals surface area contributed by atoms with Crippen molar-refractivity contribution in [2.45, 2.75) is 6.54 Å². The molecule has 0 radical (unpaired) electrons. The van der Waals surface area contributed by atoms with Gasteiger partial charge in [-0.3, -0.25) is 4.79 Å². The lowest BCUT2D eigenvalue weighted by Crippen LogP contribution is -2.09. The molecule has 0 bridgehead atoms. The zero-order valence-electron chi connectivity index (χ0n) is 17.8. The summed E-state index contributed by atoms with van der Waals surface area (Å²) in [5.41, 5.74) is 2.42. The summed E-state index contributed by atoms with van der Waals surface area (Å²) in [7, 11) is 2.57. The third kappa shape index (κ3) is 4.22. The molecule has 0 saturated carbocycles. The number of amides is 1. The number of anilines is 1. The average molecular weight is 451 g/mol. The SMILES string of the molecule is C=CC(=O)Nc1cccc(-c2ccc3c(nnn3Cc3c(F)c(OC)cc(OC)c3F)n2)c1. The molecule has 0 atom stereocenters. The van der Waals surface area contributed by atoms with Gasteiger partial charge in [-0.15, -0.1) is 5.10 Å². The second-order valence-electron chi connectivity index (χ2n) is 6.95. The highest BCUT2D eigenvalue weighted by Gasteiger charge is 2.21. The quantitative estimate of drug-likeness (QED) is 0.428. The number of ether oxygens (including phenoxy) is 2. The van der Waals surface area contributed by atoms with Crippen molar-refractivity contribution in [2.75, 3.05) is 19.5 Å². The van der Waals surface area contributed by atoms with Gasteiger partial charge in [0.15, 0.2) is 23.1 Å². The normalized spacial score (nSPS) is 10.8. The van der Waals surface area contributed by atoms with Crippen molar-refractivity contribution >= 4 is 22.8 Å². The number of carbonyl (C=O) groups excluding carboxylic acids is 1. The van der Waals surface area contributed by atoms with Gasteiger partial charge in [0.05, 0.1) is 32.0 Å². The molecule has 2 heterocycles. The summed E-state index contributed by atoms with van der Waals surface area (Å²) in [4.78, 5) is 16.0. The Balaban J connectivity index is 1.69. The first-order valence-corrected chi connectivity index (χ1v) is 9.78. The van der Waals surface area contributed by atoms with E-state index >= 15 is 0 Å². The monoisotopic (exact) mass is 451 g/mol. The van der Waals surface area contributed by atoms with E-state index in [0.717, 1.165) is 11.6 Å². The van der Waals surface area contributed by atoms with Crippen LogP contribution in [-0.4, -0.2) is 40.1 Å². The molecule has 0 aliphatic carbocycles. The number of hydrogen-bond donors (Lipinski definition) is 1. The van der Waals surface area contributed by atoms with E-state index in [0.29, 0.717) is 22.5 Å². The van der Waals surface area contributed by atoms with E-state index < -0.39 is 11.6 Å². The Kier molecular flexibility index (Phi) is 5.99. The molecule has 0 saturated heterocycles. The number of benzene rings is 2. The second-order valence-corrected chi connectivity index (χ2v) is 6.95. The minimum absolute atomic E-state index is 0.142. The van der Waals surface area contributed by atoms with Gasteiger partial charge in [0, 0.05) is 17.3 Å². The van der Waals surface area contributed by atoms with Crippen molar-refractivity contribution in [2.24, 2.45) is 0 Å². The third-order valence-corrected chi connectivity index (χ3v) is 4.96. The van der Waals surface area contributed by atoms with Crippen molar-refractivity contribution in [1.29, 1.82) is 0 Å². The lowest BCUT2D eigenvalue weighted by Gasteiger charge is -2.12. The molecule has 0 spiro atoms. The Hall–Kier alpha value is -4.34. The maximum Gasteiger partial charge on any atom is 0.247 e. The van der Waals surface area contributed by atoms with Crippen molar-refractivity contribution in [3.05, 3.63) is 72.3 Å². The first-order chi connectivity index (χ1) is 15.9. The van der Waals surface area contributed by atoms with Crippen molar-refractivity contribution in [1.82, 2.24) is 20.0 Å². The van der Waals surface area contributed by atoms with Gasteiger partial charge < -0.3 is 14.8 Å². The number of pyridine rings is 1. The fourth-order valence-corrected chi connectivity index (χ4v) is 3.31. The number of fused-ring (bicyclic) bond motifs is 1. The van der Waals surface area contributed by atoms with Crippen LogP contribution in [0, 0.1) is 11.6 Å². The summed E-state index contributed by atoms with van der Waals surface area (Å²) in [6.07, 6.45) is 1.18. The highest BCUT2D eigenvalue weighted by atomic mass is 19.1. The number of nitrogens with zero attached hydrogens (tertiary/aromatic N) is 4. The summed E-state index contributed by atoms with van der Waals surface area (Å²) in [5, 5.41) is 10.7. The number of nitrogens with one attached hydrogen (secondary N) is 1. The molecule has 4 aromatic rings. The lowest BCUT2D eigenvalue weighted by molar-refractivity contribution is -0.111. The van der Waals surface area contributed by atoms with E-state index in [1.165, 1.54) is 25.0 Å². The van der Waals surface area contributed by atoms with Gasteiger partial charge in [0.2, 0.25) is 11.6 Å². The Morgan fingerprint density at radius 1 is 1.12 bits per heavy atom. The molecule has 168 valence electrons. The molecule has 10 heteroatoms. The molecule has 2 aromatic carbocycles. The predicted molar refractivity (Wildman–Crippen MR) is 118 cm³/mol. The Bertz CT molecular complexity index is 1340. The number of hydrogen-bond acceptors (Lipinski definition) is 6. The maximum absolute atomic E-state index is 14.7. The molecule has 2 aromatic heterocycles. The van der Waals surface area contributed by atoms with E-state index in [-0.39, 0.29) is 29.5 Å². The first-order valence-electron chi connectivity index (χ1n) is 9.78. The largest absolute Gasteiger partial charge is 0.494 e. The van der Waals surface area contributed by atoms with Gasteiger partial charge in [-0.2, -0.15) is 0 Å². The summed E-state index contributed by atoms with van der Waals surface area (Å²) >= 11 is 0. The highest BCUT2D eigenvalue weighted by molar-refractivity contribution is 5.99. The molecule has 1 N–H and O–H groups in total. The van der Waals surface area contributed by atoms with Gasteiger partial charge in [-0.05, 0) is 30.3 Å². The van der Waals surface area contributed by atoms with E-state index in [9.17, 15) is 13.6 Å². The fraction of sp³-hybridized carbons (Fsp3) is 0.130. The molecule has 0 aliphatic rings. The topological polar surface area (TPSA) is 91.2 Å². The van der Waals surface area contributed by atoms with Gasteiger partial charge in [-0.1, -0.05) is 23.9 Å². The summed E-state index contributed by atoms with van der Waals surface area (Å²) in [6, 6.07) is 11.7. The second kappa shape index (κ2) is 9.03. The van der Waals surface area contributed by atoms with Crippen LogP contribution in [0.25, 0.3) is 22.4 Å². The van der Waals surface area contributed by atoms with Crippen molar-refractivity contribution in [3.8, 4) is 22.8 Å². The lowest BCUT2D eigenvalue weighted by atomic mass is 10.1. The number of halogens is 2. The average Bonchev–Trinajstić information content (AvgIpc) is 3.24. The molecule has 0 unspecified atom stereocenters. The summed E-state index contributed by atoms with van der Waals surface area (Å²) < 4.78 is 40.8. The number of aromatic nitrogens is 4. The van der Waals surface area contributed by atoms with Crippen LogP contribution in [0.1, 0.15) is 5.56 Å². The van der Waals surface area contributed by atoms with Crippen LogP contribution in [-0.2, 0) is 11.3 Å².